The first-order chi connectivity index (χ1) is 9.14. The van der Waals surface area contributed by atoms with E-state index in [9.17, 15) is 4.79 Å². The van der Waals surface area contributed by atoms with Gasteiger partial charge in [0.1, 0.15) is 0 Å². The Hall–Kier alpha value is -0.610. The van der Waals surface area contributed by atoms with Crippen molar-refractivity contribution in [1.82, 2.24) is 5.32 Å². The molecule has 0 radical (unpaired) electrons. The third-order valence-corrected chi connectivity index (χ3v) is 4.20. The normalized spacial score (nSPS) is 27.2. The van der Waals surface area contributed by atoms with Crippen molar-refractivity contribution in [2.45, 2.75) is 52.4 Å². The van der Waals surface area contributed by atoms with Crippen LogP contribution in [0.3, 0.4) is 0 Å². The third-order valence-electron chi connectivity index (χ3n) is 4.20. The second-order valence-electron chi connectivity index (χ2n) is 5.89. The molecule has 0 spiro atoms. The highest BCUT2D eigenvalue weighted by Gasteiger charge is 2.39. The van der Waals surface area contributed by atoms with Gasteiger partial charge in [0.15, 0.2) is 0 Å². The van der Waals surface area contributed by atoms with Crippen LogP contribution in [0.25, 0.3) is 0 Å². The van der Waals surface area contributed by atoms with E-state index >= 15 is 0 Å². The average Bonchev–Trinajstić information content (AvgIpc) is 2.43. The molecular weight excluding hydrogens is 240 g/mol. The average molecular weight is 270 g/mol. The lowest BCUT2D eigenvalue weighted by Gasteiger charge is -2.37. The van der Waals surface area contributed by atoms with Crippen LogP contribution in [0.5, 0.6) is 0 Å². The molecule has 1 aliphatic carbocycles. The summed E-state index contributed by atoms with van der Waals surface area (Å²) in [7, 11) is 0. The monoisotopic (exact) mass is 270 g/mol. The van der Waals surface area contributed by atoms with Gasteiger partial charge < -0.3 is 15.8 Å². The van der Waals surface area contributed by atoms with Crippen molar-refractivity contribution in [1.29, 1.82) is 0 Å². The molecule has 0 heterocycles. The fourth-order valence-corrected chi connectivity index (χ4v) is 2.65. The van der Waals surface area contributed by atoms with Crippen LogP contribution >= 0.6 is 0 Å². The molecular formula is C15H30N2O2. The molecule has 4 heteroatoms. The third kappa shape index (κ3) is 5.11. The molecule has 3 N–H and O–H groups in total. The van der Waals surface area contributed by atoms with Crippen LogP contribution in [-0.4, -0.2) is 32.2 Å². The summed E-state index contributed by atoms with van der Waals surface area (Å²) < 4.78 is 5.40. The molecule has 0 saturated heterocycles. The van der Waals surface area contributed by atoms with Gasteiger partial charge in [0.05, 0.1) is 5.41 Å². The number of carbonyl (C=O) groups is 1. The first-order valence-electron chi connectivity index (χ1n) is 7.70. The Morgan fingerprint density at radius 2 is 2.05 bits per heavy atom. The number of nitrogens with one attached hydrogen (secondary N) is 1. The Morgan fingerprint density at radius 3 is 2.63 bits per heavy atom. The molecule has 0 aliphatic heterocycles. The Bertz CT molecular complexity index is 261. The van der Waals surface area contributed by atoms with Crippen molar-refractivity contribution in [3.63, 3.8) is 0 Å². The fourth-order valence-electron chi connectivity index (χ4n) is 2.65. The van der Waals surface area contributed by atoms with Crippen LogP contribution in [0.4, 0.5) is 0 Å². The summed E-state index contributed by atoms with van der Waals surface area (Å²) in [5.74, 6) is 0.882. The highest BCUT2D eigenvalue weighted by molar-refractivity contribution is 5.83. The molecule has 1 rings (SSSR count). The number of hydrogen-bond acceptors (Lipinski definition) is 3. The van der Waals surface area contributed by atoms with Gasteiger partial charge in [0.25, 0.3) is 0 Å². The standard InChI is InChI=1S/C15H30N2O2/c1-3-10-19-11-4-9-17-14(18)15(12-16)7-5-13(2)6-8-15/h13H,3-12,16H2,1-2H3,(H,17,18). The zero-order valence-corrected chi connectivity index (χ0v) is 12.5. The predicted octanol–water partition coefficient (Wildman–Crippen LogP) is 2.07. The van der Waals surface area contributed by atoms with Gasteiger partial charge in [-0.1, -0.05) is 13.8 Å². The number of hydrogen-bond donors (Lipinski definition) is 2. The molecule has 0 bridgehead atoms. The first kappa shape index (κ1) is 16.4. The molecule has 4 nitrogen and oxygen atoms in total. The number of amides is 1. The number of carbonyl (C=O) groups excluding carboxylic acids is 1. The minimum absolute atomic E-state index is 0.150. The molecule has 1 aliphatic rings. The SMILES string of the molecule is CCCOCCCNC(=O)C1(CN)CCC(C)CC1. The van der Waals surface area contributed by atoms with E-state index in [1.165, 1.54) is 0 Å². The molecule has 1 fully saturated rings. The Labute approximate surface area is 117 Å². The smallest absolute Gasteiger partial charge is 0.227 e. The number of nitrogens with two attached hydrogens (primary N) is 1. The van der Waals surface area contributed by atoms with Crippen molar-refractivity contribution in [2.24, 2.45) is 17.1 Å². The van der Waals surface area contributed by atoms with Gasteiger partial charge in [-0.25, -0.2) is 0 Å². The van der Waals surface area contributed by atoms with Gasteiger partial charge in [-0.15, -0.1) is 0 Å². The lowest BCUT2D eigenvalue weighted by Crippen LogP contribution is -2.48. The van der Waals surface area contributed by atoms with Gasteiger partial charge in [-0.05, 0) is 44.4 Å². The van der Waals surface area contributed by atoms with E-state index in [-0.39, 0.29) is 11.3 Å². The van der Waals surface area contributed by atoms with Crippen LogP contribution in [0.2, 0.25) is 0 Å². The van der Waals surface area contributed by atoms with E-state index in [2.05, 4.69) is 19.2 Å². The second kappa shape index (κ2) is 8.54. The van der Waals surface area contributed by atoms with Crippen LogP contribution in [0.15, 0.2) is 0 Å². The van der Waals surface area contributed by atoms with Crippen molar-refractivity contribution in [3.8, 4) is 0 Å². The molecule has 19 heavy (non-hydrogen) atoms. The Morgan fingerprint density at radius 1 is 1.37 bits per heavy atom. The van der Waals surface area contributed by atoms with Crippen LogP contribution < -0.4 is 11.1 Å². The molecule has 0 aromatic rings. The second-order valence-corrected chi connectivity index (χ2v) is 5.89. The molecule has 1 amide bonds. The van der Waals surface area contributed by atoms with Crippen molar-refractivity contribution in [2.75, 3.05) is 26.3 Å². The maximum Gasteiger partial charge on any atom is 0.227 e. The molecule has 0 atom stereocenters. The quantitative estimate of drug-likeness (QED) is 0.664. The zero-order valence-electron chi connectivity index (χ0n) is 12.5. The van der Waals surface area contributed by atoms with E-state index in [4.69, 9.17) is 10.5 Å². The molecule has 0 aromatic heterocycles. The van der Waals surface area contributed by atoms with Gasteiger partial charge in [-0.3, -0.25) is 4.79 Å². The predicted molar refractivity (Wildman–Crippen MR) is 77.9 cm³/mol. The van der Waals surface area contributed by atoms with E-state index in [1.54, 1.807) is 0 Å². The van der Waals surface area contributed by atoms with Crippen LogP contribution in [0, 0.1) is 11.3 Å². The van der Waals surface area contributed by atoms with E-state index in [0.717, 1.165) is 57.7 Å². The van der Waals surface area contributed by atoms with Crippen molar-refractivity contribution in [3.05, 3.63) is 0 Å². The number of rotatable bonds is 8. The topological polar surface area (TPSA) is 64.3 Å². The number of ether oxygens (including phenoxy) is 1. The largest absolute Gasteiger partial charge is 0.381 e. The summed E-state index contributed by atoms with van der Waals surface area (Å²) in [4.78, 5) is 12.3. The maximum atomic E-state index is 12.3. The summed E-state index contributed by atoms with van der Waals surface area (Å²) >= 11 is 0. The summed E-state index contributed by atoms with van der Waals surface area (Å²) in [6, 6.07) is 0. The Kier molecular flexibility index (Phi) is 7.39. The molecule has 112 valence electrons. The van der Waals surface area contributed by atoms with E-state index < -0.39 is 0 Å². The van der Waals surface area contributed by atoms with E-state index in [0.29, 0.717) is 13.1 Å². The maximum absolute atomic E-state index is 12.3. The summed E-state index contributed by atoms with van der Waals surface area (Å²) in [6.07, 6.45) is 6.02. The summed E-state index contributed by atoms with van der Waals surface area (Å²) in [5, 5.41) is 3.04. The van der Waals surface area contributed by atoms with Gasteiger partial charge >= 0.3 is 0 Å². The minimum atomic E-state index is -0.309. The highest BCUT2D eigenvalue weighted by Crippen LogP contribution is 2.38. The van der Waals surface area contributed by atoms with Crippen LogP contribution in [0.1, 0.15) is 52.4 Å². The Balaban J connectivity index is 2.26. The van der Waals surface area contributed by atoms with Crippen LogP contribution in [-0.2, 0) is 9.53 Å². The summed E-state index contributed by atoms with van der Waals surface area (Å²) in [5.41, 5.74) is 5.56. The van der Waals surface area contributed by atoms with E-state index in [1.807, 2.05) is 0 Å². The van der Waals surface area contributed by atoms with Crippen molar-refractivity contribution < 1.29 is 9.53 Å². The van der Waals surface area contributed by atoms with Gasteiger partial charge in [0, 0.05) is 26.3 Å². The molecule has 0 unspecified atom stereocenters. The molecule has 1 saturated carbocycles. The zero-order chi connectivity index (χ0) is 14.1. The van der Waals surface area contributed by atoms with Gasteiger partial charge in [0.2, 0.25) is 5.91 Å². The lowest BCUT2D eigenvalue weighted by atomic mass is 9.70. The fraction of sp³-hybridized carbons (Fsp3) is 0.933. The molecule has 0 aromatic carbocycles. The summed E-state index contributed by atoms with van der Waals surface area (Å²) in [6.45, 7) is 7.04. The minimum Gasteiger partial charge on any atom is -0.381 e. The highest BCUT2D eigenvalue weighted by atomic mass is 16.5. The lowest BCUT2D eigenvalue weighted by molar-refractivity contribution is -0.132. The van der Waals surface area contributed by atoms with Crippen molar-refractivity contribution >= 4 is 5.91 Å². The first-order valence-corrected chi connectivity index (χ1v) is 7.70. The van der Waals surface area contributed by atoms with Gasteiger partial charge in [-0.2, -0.15) is 0 Å².